The van der Waals surface area contributed by atoms with Crippen LogP contribution in [0.3, 0.4) is 0 Å². The third-order valence-corrected chi connectivity index (χ3v) is 3.04. The van der Waals surface area contributed by atoms with Gasteiger partial charge in [0.2, 0.25) is 0 Å². The normalized spacial score (nSPS) is 17.1. The van der Waals surface area contributed by atoms with Crippen molar-refractivity contribution in [1.82, 2.24) is 19.9 Å². The van der Waals surface area contributed by atoms with Gasteiger partial charge in [0.1, 0.15) is 11.8 Å². The van der Waals surface area contributed by atoms with Crippen LogP contribution in [0.15, 0.2) is 12.7 Å². The first kappa shape index (κ1) is 12.1. The highest BCUT2D eigenvalue weighted by Crippen LogP contribution is 2.22. The lowest BCUT2D eigenvalue weighted by Crippen LogP contribution is -2.40. The smallest absolute Gasteiger partial charge is 0.182 e. The van der Waals surface area contributed by atoms with Crippen LogP contribution in [0.4, 0.5) is 5.82 Å². The molecule has 17 heavy (non-hydrogen) atoms. The molecule has 0 atom stereocenters. The van der Waals surface area contributed by atoms with Gasteiger partial charge in [-0.25, -0.2) is 15.0 Å². The number of halogens is 1. The number of H-pyrrole nitrogens is 1. The molecule has 2 aromatic rings. The van der Waals surface area contributed by atoms with Gasteiger partial charge in [-0.1, -0.05) is 0 Å². The number of aromatic nitrogens is 4. The Balaban J connectivity index is 0.00000108. The molecule has 3 heterocycles. The number of imidazole rings is 1. The minimum Gasteiger partial charge on any atom is -0.355 e. The molecule has 0 saturated carbocycles. The van der Waals surface area contributed by atoms with Crippen molar-refractivity contribution in [1.29, 1.82) is 0 Å². The lowest BCUT2D eigenvalue weighted by Gasteiger charge is -2.30. The van der Waals surface area contributed by atoms with Crippen molar-refractivity contribution < 1.29 is 0 Å². The first-order chi connectivity index (χ1) is 7.84. The molecule has 0 bridgehead atoms. The second-order valence-corrected chi connectivity index (χ2v) is 4.12. The van der Waals surface area contributed by atoms with Gasteiger partial charge in [0.05, 0.1) is 6.33 Å². The average Bonchev–Trinajstić information content (AvgIpc) is 2.78. The van der Waals surface area contributed by atoms with Gasteiger partial charge in [-0.2, -0.15) is 0 Å². The molecule has 3 N–H and O–H groups in total. The molecule has 6 nitrogen and oxygen atoms in total. The summed E-state index contributed by atoms with van der Waals surface area (Å²) in [5.74, 6) is 0.939. The molecule has 0 amide bonds. The Labute approximate surface area is 105 Å². The van der Waals surface area contributed by atoms with E-state index < -0.39 is 0 Å². The maximum atomic E-state index is 5.89. The van der Waals surface area contributed by atoms with E-state index in [1.165, 1.54) is 0 Å². The van der Waals surface area contributed by atoms with Crippen LogP contribution in [-0.4, -0.2) is 39.1 Å². The molecular weight excluding hydrogens is 240 g/mol. The fourth-order valence-corrected chi connectivity index (χ4v) is 2.10. The third-order valence-electron chi connectivity index (χ3n) is 3.04. The highest BCUT2D eigenvalue weighted by molar-refractivity contribution is 5.85. The molecule has 7 heteroatoms. The summed E-state index contributed by atoms with van der Waals surface area (Å²) in [5, 5.41) is 0. The molecule has 1 aliphatic rings. The van der Waals surface area contributed by atoms with E-state index in [0.717, 1.165) is 42.9 Å². The Morgan fingerprint density at radius 1 is 1.24 bits per heavy atom. The van der Waals surface area contributed by atoms with Crippen LogP contribution in [0, 0.1) is 0 Å². The van der Waals surface area contributed by atoms with Crippen LogP contribution in [0.5, 0.6) is 0 Å². The molecule has 0 aromatic carbocycles. The number of anilines is 1. The van der Waals surface area contributed by atoms with Gasteiger partial charge in [0.15, 0.2) is 11.5 Å². The molecule has 0 spiro atoms. The van der Waals surface area contributed by atoms with E-state index in [-0.39, 0.29) is 12.4 Å². The topological polar surface area (TPSA) is 83.7 Å². The number of piperidine rings is 1. The highest BCUT2D eigenvalue weighted by atomic mass is 35.5. The molecule has 1 fully saturated rings. The summed E-state index contributed by atoms with van der Waals surface area (Å²) >= 11 is 0. The molecule has 2 aromatic heterocycles. The van der Waals surface area contributed by atoms with Gasteiger partial charge in [-0.05, 0) is 12.8 Å². The number of hydrogen-bond donors (Lipinski definition) is 2. The summed E-state index contributed by atoms with van der Waals surface area (Å²) in [7, 11) is 0. The van der Waals surface area contributed by atoms with E-state index in [0.29, 0.717) is 6.04 Å². The monoisotopic (exact) mass is 254 g/mol. The first-order valence-electron chi connectivity index (χ1n) is 5.49. The summed E-state index contributed by atoms with van der Waals surface area (Å²) in [4.78, 5) is 17.9. The van der Waals surface area contributed by atoms with Gasteiger partial charge in [-0.15, -0.1) is 12.4 Å². The van der Waals surface area contributed by atoms with Gasteiger partial charge in [0, 0.05) is 19.1 Å². The van der Waals surface area contributed by atoms with E-state index in [1.54, 1.807) is 12.7 Å². The Bertz CT molecular complexity index is 490. The number of rotatable bonds is 1. The second kappa shape index (κ2) is 4.85. The summed E-state index contributed by atoms with van der Waals surface area (Å²) in [5.41, 5.74) is 7.52. The number of nitrogens with one attached hydrogen (secondary N) is 1. The lowest BCUT2D eigenvalue weighted by molar-refractivity contribution is 0.499. The number of aromatic amines is 1. The van der Waals surface area contributed by atoms with Crippen molar-refractivity contribution >= 4 is 29.4 Å². The number of fused-ring (bicyclic) bond motifs is 1. The van der Waals surface area contributed by atoms with Crippen LogP contribution < -0.4 is 10.6 Å². The van der Waals surface area contributed by atoms with E-state index in [2.05, 4.69) is 24.8 Å². The maximum Gasteiger partial charge on any atom is 0.182 e. The summed E-state index contributed by atoms with van der Waals surface area (Å²) in [6, 6.07) is 0.329. The fourth-order valence-electron chi connectivity index (χ4n) is 2.10. The minimum absolute atomic E-state index is 0. The average molecular weight is 255 g/mol. The lowest BCUT2D eigenvalue weighted by atomic mass is 10.1. The highest BCUT2D eigenvalue weighted by Gasteiger charge is 2.19. The standard InChI is InChI=1S/C10H14N6.ClH/c11-7-1-3-16(4-2-7)10-8-9(13-5-12-8)14-6-15-10;/h5-7H,1-4,11H2,(H,12,13,14,15);1H. The summed E-state index contributed by atoms with van der Waals surface area (Å²) in [6.45, 7) is 1.90. The van der Waals surface area contributed by atoms with E-state index in [4.69, 9.17) is 5.73 Å². The molecular formula is C10H15ClN6. The molecule has 0 aliphatic carbocycles. The number of nitrogens with zero attached hydrogens (tertiary/aromatic N) is 4. The van der Waals surface area contributed by atoms with E-state index in [1.807, 2.05) is 0 Å². The van der Waals surface area contributed by atoms with Crippen molar-refractivity contribution in [2.45, 2.75) is 18.9 Å². The molecule has 0 radical (unpaired) electrons. The molecule has 1 aliphatic heterocycles. The number of nitrogens with two attached hydrogens (primary N) is 1. The molecule has 3 rings (SSSR count). The van der Waals surface area contributed by atoms with Crippen molar-refractivity contribution in [3.05, 3.63) is 12.7 Å². The van der Waals surface area contributed by atoms with Gasteiger partial charge in [0.25, 0.3) is 0 Å². The van der Waals surface area contributed by atoms with Gasteiger partial charge >= 0.3 is 0 Å². The predicted molar refractivity (Wildman–Crippen MR) is 68.4 cm³/mol. The Hall–Kier alpha value is -1.40. The van der Waals surface area contributed by atoms with Crippen molar-refractivity contribution in [2.75, 3.05) is 18.0 Å². The zero-order valence-electron chi connectivity index (χ0n) is 9.33. The van der Waals surface area contributed by atoms with E-state index in [9.17, 15) is 0 Å². The Kier molecular flexibility index (Phi) is 3.44. The van der Waals surface area contributed by atoms with Crippen molar-refractivity contribution in [3.63, 3.8) is 0 Å². The Morgan fingerprint density at radius 3 is 2.76 bits per heavy atom. The molecule has 0 unspecified atom stereocenters. The van der Waals surface area contributed by atoms with Crippen molar-refractivity contribution in [3.8, 4) is 0 Å². The van der Waals surface area contributed by atoms with Gasteiger partial charge < -0.3 is 15.6 Å². The van der Waals surface area contributed by atoms with Crippen LogP contribution in [-0.2, 0) is 0 Å². The van der Waals surface area contributed by atoms with Crippen molar-refractivity contribution in [2.24, 2.45) is 5.73 Å². The van der Waals surface area contributed by atoms with Gasteiger partial charge in [-0.3, -0.25) is 0 Å². The third kappa shape index (κ3) is 2.18. The molecule has 92 valence electrons. The molecule has 1 saturated heterocycles. The Morgan fingerprint density at radius 2 is 2.00 bits per heavy atom. The minimum atomic E-state index is 0. The second-order valence-electron chi connectivity index (χ2n) is 4.12. The zero-order valence-corrected chi connectivity index (χ0v) is 10.2. The van der Waals surface area contributed by atoms with Crippen LogP contribution in [0.25, 0.3) is 11.2 Å². The van der Waals surface area contributed by atoms with Crippen LogP contribution in [0.2, 0.25) is 0 Å². The van der Waals surface area contributed by atoms with Crippen LogP contribution in [0.1, 0.15) is 12.8 Å². The number of hydrogen-bond acceptors (Lipinski definition) is 5. The SMILES string of the molecule is Cl.NC1CCN(c2ncnc3nc[nH]c23)CC1. The maximum absolute atomic E-state index is 5.89. The van der Waals surface area contributed by atoms with Crippen LogP contribution >= 0.6 is 12.4 Å². The van der Waals surface area contributed by atoms with E-state index >= 15 is 0 Å². The summed E-state index contributed by atoms with van der Waals surface area (Å²) in [6.07, 6.45) is 5.24. The summed E-state index contributed by atoms with van der Waals surface area (Å²) < 4.78 is 0. The first-order valence-corrected chi connectivity index (χ1v) is 5.49. The zero-order chi connectivity index (χ0) is 11.0. The predicted octanol–water partition coefficient (Wildman–Crippen LogP) is 0.702. The largest absolute Gasteiger partial charge is 0.355 e. The fraction of sp³-hybridized carbons (Fsp3) is 0.500. The quantitative estimate of drug-likeness (QED) is 0.783.